The molecule has 0 aliphatic heterocycles. The van der Waals surface area contributed by atoms with Crippen LogP contribution in [-0.2, 0) is 11.3 Å². The highest BCUT2D eigenvalue weighted by Gasteiger charge is 2.16. The Bertz CT molecular complexity index is 877. The van der Waals surface area contributed by atoms with Gasteiger partial charge in [-0.1, -0.05) is 12.1 Å². The molecule has 0 bridgehead atoms. The summed E-state index contributed by atoms with van der Waals surface area (Å²) < 4.78 is 48.6. The van der Waals surface area contributed by atoms with E-state index >= 15 is 0 Å². The molecule has 0 spiro atoms. The summed E-state index contributed by atoms with van der Waals surface area (Å²) >= 11 is 0. The minimum absolute atomic E-state index is 0.0118. The van der Waals surface area contributed by atoms with Crippen molar-refractivity contribution >= 4 is 17.6 Å². The minimum Gasteiger partial charge on any atom is -0.490 e. The number of ether oxygens (including phenoxy) is 2. The molecule has 0 radical (unpaired) electrons. The molecule has 10 heteroatoms. The van der Waals surface area contributed by atoms with Gasteiger partial charge in [0.05, 0.1) is 19.7 Å². The van der Waals surface area contributed by atoms with E-state index in [0.717, 1.165) is 0 Å². The van der Waals surface area contributed by atoms with Crippen LogP contribution in [0.5, 0.6) is 11.5 Å². The monoisotopic (exact) mass is 438 g/mol. The topological polar surface area (TPSA) is 84.0 Å². The number of amides is 1. The number of nitrogens with zero attached hydrogens (tertiary/aromatic N) is 1. The molecule has 168 valence electrons. The third-order valence-electron chi connectivity index (χ3n) is 3.86. The molecule has 0 atom stereocenters. The van der Waals surface area contributed by atoms with Gasteiger partial charge in [-0.2, -0.15) is 8.78 Å². The van der Waals surface area contributed by atoms with Crippen LogP contribution in [0.25, 0.3) is 0 Å². The number of hydrogen-bond acceptors (Lipinski definition) is 4. The van der Waals surface area contributed by atoms with Crippen molar-refractivity contribution in [3.05, 3.63) is 53.8 Å². The molecule has 3 N–H and O–H groups in total. The summed E-state index contributed by atoms with van der Waals surface area (Å²) in [6.45, 7) is 1.29. The van der Waals surface area contributed by atoms with Crippen molar-refractivity contribution < 1.29 is 27.4 Å². The number of rotatable bonds is 10. The summed E-state index contributed by atoms with van der Waals surface area (Å²) in [5.41, 5.74) is 0.857. The fraction of sp³-hybridized carbons (Fsp3) is 0.333. The molecule has 0 fully saturated rings. The normalized spacial score (nSPS) is 11.2. The first-order valence-corrected chi connectivity index (χ1v) is 9.70. The van der Waals surface area contributed by atoms with Crippen LogP contribution in [0.2, 0.25) is 0 Å². The summed E-state index contributed by atoms with van der Waals surface area (Å²) in [5, 5.41) is 8.45. The van der Waals surface area contributed by atoms with E-state index in [2.05, 4.69) is 25.7 Å². The van der Waals surface area contributed by atoms with Crippen LogP contribution < -0.4 is 25.4 Å². The molecule has 0 saturated carbocycles. The molecular formula is C21H25F3N4O3. The maximum absolute atomic E-state index is 12.9. The average Bonchev–Trinajstić information content (AvgIpc) is 2.73. The van der Waals surface area contributed by atoms with E-state index in [9.17, 15) is 18.0 Å². The smallest absolute Gasteiger partial charge is 0.387 e. The van der Waals surface area contributed by atoms with E-state index in [4.69, 9.17) is 4.74 Å². The number of carbonyl (C=O) groups excluding carboxylic acids is 1. The number of hydrogen-bond donors (Lipinski definition) is 3. The zero-order valence-electron chi connectivity index (χ0n) is 17.3. The molecule has 0 unspecified atom stereocenters. The molecule has 0 aliphatic carbocycles. The Morgan fingerprint density at radius 3 is 2.48 bits per heavy atom. The van der Waals surface area contributed by atoms with Crippen LogP contribution in [0.3, 0.4) is 0 Å². The van der Waals surface area contributed by atoms with E-state index in [0.29, 0.717) is 30.4 Å². The van der Waals surface area contributed by atoms with Gasteiger partial charge >= 0.3 is 6.61 Å². The van der Waals surface area contributed by atoms with Crippen molar-refractivity contribution in [2.24, 2.45) is 4.99 Å². The molecule has 2 rings (SSSR count). The molecule has 0 aliphatic rings. The Kier molecular flexibility index (Phi) is 9.47. The Hall–Kier alpha value is -3.43. The van der Waals surface area contributed by atoms with E-state index in [-0.39, 0.29) is 30.5 Å². The highest BCUT2D eigenvalue weighted by molar-refractivity contribution is 5.94. The second-order valence-electron chi connectivity index (χ2n) is 6.16. The van der Waals surface area contributed by atoms with Gasteiger partial charge in [-0.05, 0) is 44.2 Å². The highest BCUT2D eigenvalue weighted by Crippen LogP contribution is 2.33. The third-order valence-corrected chi connectivity index (χ3v) is 3.86. The SMILES string of the molecule is CCNC(=NCc1cccc(OCC)c1OC(F)F)NCC(=O)Nc1ccc(F)cc1. The second-order valence-corrected chi connectivity index (χ2v) is 6.16. The predicted octanol–water partition coefficient (Wildman–Crippen LogP) is 3.52. The van der Waals surface area contributed by atoms with Crippen LogP contribution in [0, 0.1) is 5.82 Å². The first-order valence-electron chi connectivity index (χ1n) is 9.70. The third kappa shape index (κ3) is 8.07. The average molecular weight is 438 g/mol. The summed E-state index contributed by atoms with van der Waals surface area (Å²) in [4.78, 5) is 16.4. The van der Waals surface area contributed by atoms with Gasteiger partial charge in [-0.25, -0.2) is 9.38 Å². The van der Waals surface area contributed by atoms with Gasteiger partial charge in [0.1, 0.15) is 5.82 Å². The second kappa shape index (κ2) is 12.3. The number of nitrogens with one attached hydrogen (secondary N) is 3. The van der Waals surface area contributed by atoms with E-state index in [1.54, 1.807) is 19.1 Å². The van der Waals surface area contributed by atoms with Gasteiger partial charge in [-0.3, -0.25) is 4.79 Å². The van der Waals surface area contributed by atoms with Gasteiger partial charge in [0.15, 0.2) is 17.5 Å². The van der Waals surface area contributed by atoms with Crippen molar-refractivity contribution in [2.45, 2.75) is 27.0 Å². The predicted molar refractivity (Wildman–Crippen MR) is 112 cm³/mol. The first kappa shape index (κ1) is 23.8. The number of benzene rings is 2. The van der Waals surface area contributed by atoms with Crippen molar-refractivity contribution in [2.75, 3.05) is 25.0 Å². The number of aliphatic imine (C=N–C) groups is 1. The van der Waals surface area contributed by atoms with Crippen LogP contribution >= 0.6 is 0 Å². The van der Waals surface area contributed by atoms with Crippen molar-refractivity contribution in [3.8, 4) is 11.5 Å². The number of alkyl halides is 2. The lowest BCUT2D eigenvalue weighted by molar-refractivity contribution is -0.115. The molecule has 1 amide bonds. The number of halogens is 3. The Morgan fingerprint density at radius 2 is 1.84 bits per heavy atom. The van der Waals surface area contributed by atoms with Crippen molar-refractivity contribution in [1.29, 1.82) is 0 Å². The molecule has 0 aromatic heterocycles. The summed E-state index contributed by atoms with van der Waals surface area (Å²) in [7, 11) is 0. The molecule has 31 heavy (non-hydrogen) atoms. The summed E-state index contributed by atoms with van der Waals surface area (Å²) in [5.74, 6) is -0.333. The fourth-order valence-electron chi connectivity index (χ4n) is 2.59. The summed E-state index contributed by atoms with van der Waals surface area (Å²) in [6, 6.07) is 10.2. The number of anilines is 1. The van der Waals surface area contributed by atoms with Crippen LogP contribution in [-0.4, -0.2) is 38.2 Å². The molecule has 0 heterocycles. The standard InChI is InChI=1S/C21H25F3N4O3/c1-3-25-21(27-13-18(29)28-16-10-8-15(22)9-11-16)26-12-14-6-5-7-17(30-4-2)19(14)31-20(23)24/h5-11,20H,3-4,12-13H2,1-2H3,(H,28,29)(H2,25,26,27). The Balaban J connectivity index is 2.05. The Labute approximate surface area is 178 Å². The largest absolute Gasteiger partial charge is 0.490 e. The van der Waals surface area contributed by atoms with Gasteiger partial charge in [-0.15, -0.1) is 0 Å². The molecule has 0 saturated heterocycles. The van der Waals surface area contributed by atoms with E-state index in [1.165, 1.54) is 30.3 Å². The van der Waals surface area contributed by atoms with Gasteiger partial charge < -0.3 is 25.4 Å². The lowest BCUT2D eigenvalue weighted by Crippen LogP contribution is -2.41. The first-order chi connectivity index (χ1) is 14.9. The van der Waals surface area contributed by atoms with Crippen molar-refractivity contribution in [3.63, 3.8) is 0 Å². The fourth-order valence-corrected chi connectivity index (χ4v) is 2.59. The molecule has 2 aromatic carbocycles. The van der Waals surface area contributed by atoms with E-state index in [1.807, 2.05) is 6.92 Å². The van der Waals surface area contributed by atoms with Crippen LogP contribution in [0.15, 0.2) is 47.5 Å². The van der Waals surface area contributed by atoms with Crippen LogP contribution in [0.1, 0.15) is 19.4 Å². The summed E-state index contributed by atoms with van der Waals surface area (Å²) in [6.07, 6.45) is 0. The Morgan fingerprint density at radius 1 is 1.10 bits per heavy atom. The maximum Gasteiger partial charge on any atom is 0.387 e. The minimum atomic E-state index is -3.01. The van der Waals surface area contributed by atoms with Gasteiger partial charge in [0, 0.05) is 17.8 Å². The lowest BCUT2D eigenvalue weighted by atomic mass is 10.2. The van der Waals surface area contributed by atoms with Gasteiger partial charge in [0.25, 0.3) is 0 Å². The number of carbonyl (C=O) groups is 1. The van der Waals surface area contributed by atoms with Crippen molar-refractivity contribution in [1.82, 2.24) is 10.6 Å². The number of guanidine groups is 1. The number of para-hydroxylation sites is 1. The van der Waals surface area contributed by atoms with Crippen LogP contribution in [0.4, 0.5) is 18.9 Å². The molecule has 2 aromatic rings. The zero-order valence-corrected chi connectivity index (χ0v) is 17.3. The van der Waals surface area contributed by atoms with E-state index < -0.39 is 12.4 Å². The van der Waals surface area contributed by atoms with Gasteiger partial charge in [0.2, 0.25) is 5.91 Å². The molecular weight excluding hydrogens is 413 g/mol. The molecule has 7 nitrogen and oxygen atoms in total. The highest BCUT2D eigenvalue weighted by atomic mass is 19.3. The zero-order chi connectivity index (χ0) is 22.6. The quantitative estimate of drug-likeness (QED) is 0.391. The maximum atomic E-state index is 12.9. The lowest BCUT2D eigenvalue weighted by Gasteiger charge is -2.15.